The first-order valence-electron chi connectivity index (χ1n) is 5.49. The zero-order valence-corrected chi connectivity index (χ0v) is 9.88. The van der Waals surface area contributed by atoms with Crippen LogP contribution in [0.25, 0.3) is 0 Å². The molecule has 1 rings (SSSR count). The van der Waals surface area contributed by atoms with E-state index in [1.807, 2.05) is 0 Å². The van der Waals surface area contributed by atoms with Crippen molar-refractivity contribution in [3.05, 3.63) is 34.4 Å². The van der Waals surface area contributed by atoms with E-state index in [1.165, 1.54) is 22.3 Å². The summed E-state index contributed by atoms with van der Waals surface area (Å²) in [4.78, 5) is 0. The van der Waals surface area contributed by atoms with Gasteiger partial charge >= 0.3 is 0 Å². The lowest BCUT2D eigenvalue weighted by atomic mass is 9.94. The van der Waals surface area contributed by atoms with Crippen LogP contribution in [-0.4, -0.2) is 17.8 Å². The summed E-state index contributed by atoms with van der Waals surface area (Å²) in [7, 11) is 0. The van der Waals surface area contributed by atoms with E-state index in [4.69, 9.17) is 5.73 Å². The molecule has 0 radical (unpaired) electrons. The first-order valence-corrected chi connectivity index (χ1v) is 5.49. The van der Waals surface area contributed by atoms with Gasteiger partial charge in [0.25, 0.3) is 0 Å². The highest BCUT2D eigenvalue weighted by molar-refractivity contribution is 5.37. The summed E-state index contributed by atoms with van der Waals surface area (Å²) in [5.41, 5.74) is 10.5. The van der Waals surface area contributed by atoms with E-state index in [0.717, 1.165) is 6.42 Å². The van der Waals surface area contributed by atoms with Gasteiger partial charge in [-0.05, 0) is 56.8 Å². The van der Waals surface area contributed by atoms with Crippen LogP contribution in [0.1, 0.15) is 28.7 Å². The van der Waals surface area contributed by atoms with Crippen molar-refractivity contribution in [1.82, 2.24) is 0 Å². The van der Waals surface area contributed by atoms with Crippen molar-refractivity contribution in [2.45, 2.75) is 39.7 Å². The van der Waals surface area contributed by atoms with E-state index in [0.29, 0.717) is 13.0 Å². The number of nitrogens with two attached hydrogens (primary N) is 1. The fraction of sp³-hybridized carbons (Fsp3) is 0.538. The van der Waals surface area contributed by atoms with Crippen molar-refractivity contribution in [3.8, 4) is 0 Å². The van der Waals surface area contributed by atoms with Crippen LogP contribution < -0.4 is 5.73 Å². The van der Waals surface area contributed by atoms with Crippen LogP contribution in [-0.2, 0) is 6.42 Å². The number of aliphatic hydroxyl groups excluding tert-OH is 1. The topological polar surface area (TPSA) is 46.2 Å². The minimum absolute atomic E-state index is 0.310. The number of benzene rings is 1. The highest BCUT2D eigenvalue weighted by Crippen LogP contribution is 2.18. The molecule has 1 aromatic rings. The summed E-state index contributed by atoms with van der Waals surface area (Å²) in [5, 5.41) is 9.74. The summed E-state index contributed by atoms with van der Waals surface area (Å²) in [6, 6.07) is 4.33. The molecule has 0 aliphatic heterocycles. The van der Waals surface area contributed by atoms with Crippen molar-refractivity contribution in [2.24, 2.45) is 5.73 Å². The molecule has 3 N–H and O–H groups in total. The van der Waals surface area contributed by atoms with Crippen molar-refractivity contribution in [3.63, 3.8) is 0 Å². The second-order valence-electron chi connectivity index (χ2n) is 4.31. The lowest BCUT2D eigenvalue weighted by Gasteiger charge is -2.15. The Morgan fingerprint density at radius 3 is 2.20 bits per heavy atom. The summed E-state index contributed by atoms with van der Waals surface area (Å²) >= 11 is 0. The van der Waals surface area contributed by atoms with Gasteiger partial charge in [0, 0.05) is 0 Å². The predicted molar refractivity (Wildman–Crippen MR) is 64.0 cm³/mol. The lowest BCUT2D eigenvalue weighted by molar-refractivity contribution is 0.167. The third-order valence-electron chi connectivity index (χ3n) is 2.78. The Hall–Kier alpha value is -0.860. The van der Waals surface area contributed by atoms with Crippen LogP contribution in [0, 0.1) is 20.8 Å². The van der Waals surface area contributed by atoms with Gasteiger partial charge in [0.15, 0.2) is 0 Å². The monoisotopic (exact) mass is 207 g/mol. The van der Waals surface area contributed by atoms with Crippen LogP contribution >= 0.6 is 0 Å². The number of hydrogen-bond donors (Lipinski definition) is 2. The van der Waals surface area contributed by atoms with Crippen molar-refractivity contribution in [2.75, 3.05) is 6.54 Å². The molecule has 0 aliphatic carbocycles. The molecule has 0 saturated heterocycles. The van der Waals surface area contributed by atoms with Crippen molar-refractivity contribution >= 4 is 0 Å². The molecular weight excluding hydrogens is 186 g/mol. The molecule has 0 heterocycles. The molecule has 0 bridgehead atoms. The van der Waals surface area contributed by atoms with Crippen LogP contribution in [0.3, 0.4) is 0 Å². The largest absolute Gasteiger partial charge is 0.393 e. The predicted octanol–water partition coefficient (Wildman–Crippen LogP) is 1.86. The molecule has 1 aromatic carbocycles. The molecule has 0 unspecified atom stereocenters. The molecule has 0 fully saturated rings. The van der Waals surface area contributed by atoms with E-state index < -0.39 is 0 Å². The fourth-order valence-electron chi connectivity index (χ4n) is 2.06. The first kappa shape index (κ1) is 12.2. The Balaban J connectivity index is 2.85. The van der Waals surface area contributed by atoms with Gasteiger partial charge in [-0.2, -0.15) is 0 Å². The van der Waals surface area contributed by atoms with Crippen molar-refractivity contribution in [1.29, 1.82) is 0 Å². The summed E-state index contributed by atoms with van der Waals surface area (Å²) in [5.74, 6) is 0. The Morgan fingerprint density at radius 2 is 1.73 bits per heavy atom. The molecule has 0 aromatic heterocycles. The zero-order chi connectivity index (χ0) is 11.4. The second kappa shape index (κ2) is 5.29. The number of hydrogen-bond acceptors (Lipinski definition) is 2. The van der Waals surface area contributed by atoms with Gasteiger partial charge < -0.3 is 10.8 Å². The minimum atomic E-state index is -0.310. The second-order valence-corrected chi connectivity index (χ2v) is 4.31. The van der Waals surface area contributed by atoms with E-state index >= 15 is 0 Å². The average Bonchev–Trinajstić information content (AvgIpc) is 2.11. The highest BCUT2D eigenvalue weighted by Gasteiger charge is 2.09. The van der Waals surface area contributed by atoms with E-state index in [1.54, 1.807) is 0 Å². The Kier molecular flexibility index (Phi) is 4.30. The summed E-state index contributed by atoms with van der Waals surface area (Å²) < 4.78 is 0. The molecule has 2 heteroatoms. The standard InChI is InChI=1S/C13H21NO/c1-9-6-10(2)13(11(3)7-9)8-12(15)4-5-14/h6-7,12,15H,4-5,8,14H2,1-3H3/t12-/m1/s1. The van der Waals surface area contributed by atoms with Crippen LogP contribution in [0.2, 0.25) is 0 Å². The summed E-state index contributed by atoms with van der Waals surface area (Å²) in [6.45, 7) is 6.85. The SMILES string of the molecule is Cc1cc(C)c(C[C@H](O)CCN)c(C)c1. The zero-order valence-electron chi connectivity index (χ0n) is 9.88. The molecule has 84 valence electrons. The quantitative estimate of drug-likeness (QED) is 0.791. The maximum absolute atomic E-state index is 9.74. The van der Waals surface area contributed by atoms with Crippen molar-refractivity contribution < 1.29 is 5.11 Å². The van der Waals surface area contributed by atoms with Gasteiger partial charge in [0.1, 0.15) is 0 Å². The maximum atomic E-state index is 9.74. The van der Waals surface area contributed by atoms with Gasteiger partial charge in [-0.15, -0.1) is 0 Å². The maximum Gasteiger partial charge on any atom is 0.0592 e. The average molecular weight is 207 g/mol. The fourth-order valence-corrected chi connectivity index (χ4v) is 2.06. The van der Waals surface area contributed by atoms with E-state index in [2.05, 4.69) is 32.9 Å². The lowest BCUT2D eigenvalue weighted by Crippen LogP contribution is -2.17. The molecule has 1 atom stereocenters. The number of aliphatic hydroxyl groups is 1. The van der Waals surface area contributed by atoms with Crippen LogP contribution in [0.5, 0.6) is 0 Å². The van der Waals surface area contributed by atoms with E-state index in [-0.39, 0.29) is 6.10 Å². The molecular formula is C13H21NO. The molecule has 0 spiro atoms. The minimum Gasteiger partial charge on any atom is -0.393 e. The van der Waals surface area contributed by atoms with Gasteiger partial charge in [-0.1, -0.05) is 17.7 Å². The van der Waals surface area contributed by atoms with Crippen LogP contribution in [0.15, 0.2) is 12.1 Å². The summed E-state index contributed by atoms with van der Waals surface area (Å²) in [6.07, 6.45) is 1.08. The smallest absolute Gasteiger partial charge is 0.0592 e. The number of aryl methyl sites for hydroxylation is 3. The third-order valence-corrected chi connectivity index (χ3v) is 2.78. The van der Waals surface area contributed by atoms with Gasteiger partial charge in [-0.3, -0.25) is 0 Å². The highest BCUT2D eigenvalue weighted by atomic mass is 16.3. The van der Waals surface area contributed by atoms with Crippen LogP contribution in [0.4, 0.5) is 0 Å². The van der Waals surface area contributed by atoms with Gasteiger partial charge in [0.05, 0.1) is 6.10 Å². The molecule has 0 saturated carbocycles. The Labute approximate surface area is 92.1 Å². The Morgan fingerprint density at radius 1 is 1.20 bits per heavy atom. The molecule has 15 heavy (non-hydrogen) atoms. The Bertz CT molecular complexity index is 310. The normalized spacial score (nSPS) is 12.9. The van der Waals surface area contributed by atoms with Gasteiger partial charge in [-0.25, -0.2) is 0 Å². The molecule has 0 amide bonds. The van der Waals surface area contributed by atoms with E-state index in [9.17, 15) is 5.11 Å². The third kappa shape index (κ3) is 3.33. The van der Waals surface area contributed by atoms with Gasteiger partial charge in [0.2, 0.25) is 0 Å². The number of rotatable bonds is 4. The molecule has 2 nitrogen and oxygen atoms in total. The molecule has 0 aliphatic rings. The first-order chi connectivity index (χ1) is 7.04.